The molecule has 3 N–H and O–H groups in total. The van der Waals surface area contributed by atoms with Crippen LogP contribution in [0.5, 0.6) is 0 Å². The molecule has 4 atom stereocenters. The van der Waals surface area contributed by atoms with E-state index in [1.165, 1.54) is 0 Å². The fourth-order valence-electron chi connectivity index (χ4n) is 6.21. The molecular weight excluding hydrogens is 422 g/mol. The van der Waals surface area contributed by atoms with Crippen molar-refractivity contribution in [3.63, 3.8) is 0 Å². The van der Waals surface area contributed by atoms with Crippen molar-refractivity contribution in [3.05, 3.63) is 59.7 Å². The van der Waals surface area contributed by atoms with Crippen LogP contribution in [0.4, 0.5) is 0 Å². The first-order valence-corrected chi connectivity index (χ1v) is 10.9. The molecule has 0 radical (unpaired) electrons. The Bertz CT molecular complexity index is 1750. The molecule has 5 heterocycles. The van der Waals surface area contributed by atoms with Gasteiger partial charge in [0.1, 0.15) is 12.3 Å². The summed E-state index contributed by atoms with van der Waals surface area (Å²) in [5, 5.41) is 27.3. The molecule has 0 unspecified atom stereocenters. The third-order valence-electron chi connectivity index (χ3n) is 7.45. The van der Waals surface area contributed by atoms with Crippen LogP contribution in [0.3, 0.4) is 0 Å². The maximum atomic E-state index is 13.1. The number of nitrogens with one attached hydrogen (secondary N) is 1. The topological polar surface area (TPSA) is 106 Å². The van der Waals surface area contributed by atoms with E-state index in [1.807, 2.05) is 57.7 Å². The first-order valence-electron chi connectivity index (χ1n) is 10.9. The lowest BCUT2D eigenvalue weighted by atomic mass is 9.96. The molecule has 8 heteroatoms. The lowest BCUT2D eigenvalue weighted by molar-refractivity contribution is -0.213. The van der Waals surface area contributed by atoms with Crippen LogP contribution in [-0.2, 0) is 4.74 Å². The van der Waals surface area contributed by atoms with Gasteiger partial charge in [-0.15, -0.1) is 0 Å². The highest BCUT2D eigenvalue weighted by atomic mass is 16.5. The summed E-state index contributed by atoms with van der Waals surface area (Å²) in [7, 11) is 0. The number of aliphatic hydroxyl groups excluding tert-OH is 2. The number of hydrogen-bond donors (Lipinski definition) is 3. The SMILES string of the molecule is O=C1NC(=O)c2c1c1c3ccccc3n3c1c1c2c2ccccc2n1[C@H]1O[C@@H]3C[C@H](O)[C@H]1O. The van der Waals surface area contributed by atoms with Gasteiger partial charge < -0.3 is 24.1 Å². The number of rotatable bonds is 0. The number of aromatic nitrogens is 2. The van der Waals surface area contributed by atoms with Crippen molar-refractivity contribution in [1.29, 1.82) is 0 Å². The van der Waals surface area contributed by atoms with Gasteiger partial charge in [0.05, 0.1) is 39.3 Å². The van der Waals surface area contributed by atoms with Gasteiger partial charge in [-0.05, 0) is 12.1 Å². The number of carbonyl (C=O) groups excluding carboxylic acids is 2. The monoisotopic (exact) mass is 439 g/mol. The summed E-state index contributed by atoms with van der Waals surface area (Å²) in [4.78, 5) is 26.2. The van der Waals surface area contributed by atoms with Gasteiger partial charge in [-0.2, -0.15) is 0 Å². The minimum Gasteiger partial charge on any atom is -0.390 e. The Balaban J connectivity index is 1.77. The maximum absolute atomic E-state index is 13.1. The fraction of sp³-hybridized carbons (Fsp3) is 0.200. The number of fused-ring (bicyclic) bond motifs is 13. The van der Waals surface area contributed by atoms with Gasteiger partial charge in [-0.1, -0.05) is 36.4 Å². The highest BCUT2D eigenvalue weighted by molar-refractivity contribution is 6.39. The number of ether oxygens (including phenoxy) is 1. The number of hydrogen-bond acceptors (Lipinski definition) is 5. The highest BCUT2D eigenvalue weighted by Crippen LogP contribution is 2.51. The van der Waals surface area contributed by atoms with Crippen molar-refractivity contribution in [2.45, 2.75) is 31.1 Å². The molecular formula is C25H17N3O5. The summed E-state index contributed by atoms with van der Waals surface area (Å²) in [5.41, 5.74) is 3.85. The Morgan fingerprint density at radius 1 is 0.818 bits per heavy atom. The van der Waals surface area contributed by atoms with Gasteiger partial charge in [-0.25, -0.2) is 0 Å². The van der Waals surface area contributed by atoms with Crippen molar-refractivity contribution in [2.24, 2.45) is 0 Å². The summed E-state index contributed by atoms with van der Waals surface area (Å²) in [6.45, 7) is 0. The molecule has 0 aliphatic carbocycles. The van der Waals surface area contributed by atoms with Gasteiger partial charge >= 0.3 is 0 Å². The van der Waals surface area contributed by atoms with E-state index in [2.05, 4.69) is 5.32 Å². The molecule has 0 saturated carbocycles. The third-order valence-corrected chi connectivity index (χ3v) is 7.45. The van der Waals surface area contributed by atoms with Crippen LogP contribution >= 0.6 is 0 Å². The molecule has 3 aliphatic heterocycles. The van der Waals surface area contributed by atoms with Crippen molar-refractivity contribution >= 4 is 55.4 Å². The predicted molar refractivity (Wildman–Crippen MR) is 120 cm³/mol. The lowest BCUT2D eigenvalue weighted by Gasteiger charge is -2.37. The molecule has 5 aromatic rings. The number of imide groups is 1. The van der Waals surface area contributed by atoms with Gasteiger partial charge in [0.15, 0.2) is 6.23 Å². The van der Waals surface area contributed by atoms with Crippen molar-refractivity contribution in [1.82, 2.24) is 14.5 Å². The van der Waals surface area contributed by atoms with Crippen molar-refractivity contribution in [2.75, 3.05) is 0 Å². The molecule has 33 heavy (non-hydrogen) atoms. The van der Waals surface area contributed by atoms with Crippen LogP contribution in [0, 0.1) is 0 Å². The number of benzene rings is 3. The van der Waals surface area contributed by atoms with Crippen LogP contribution in [0.15, 0.2) is 48.5 Å². The zero-order valence-corrected chi connectivity index (χ0v) is 17.1. The molecule has 1 fully saturated rings. The van der Waals surface area contributed by atoms with Gasteiger partial charge in [0.25, 0.3) is 11.8 Å². The second-order valence-corrected chi connectivity index (χ2v) is 9.03. The first kappa shape index (κ1) is 17.8. The number of para-hydroxylation sites is 2. The molecule has 1 saturated heterocycles. The van der Waals surface area contributed by atoms with Crippen LogP contribution in [-0.4, -0.2) is 43.4 Å². The Kier molecular flexibility index (Phi) is 3.02. The molecule has 2 amide bonds. The molecule has 3 aromatic carbocycles. The van der Waals surface area contributed by atoms with E-state index in [4.69, 9.17) is 4.74 Å². The van der Waals surface area contributed by atoms with E-state index >= 15 is 0 Å². The molecule has 2 bridgehead atoms. The Hall–Kier alpha value is -3.72. The van der Waals surface area contributed by atoms with E-state index in [9.17, 15) is 19.8 Å². The summed E-state index contributed by atoms with van der Waals surface area (Å²) in [6.07, 6.45) is -3.32. The highest BCUT2D eigenvalue weighted by Gasteiger charge is 2.45. The third kappa shape index (κ3) is 1.87. The number of aliphatic hydroxyl groups is 2. The van der Waals surface area contributed by atoms with Crippen LogP contribution in [0.25, 0.3) is 43.6 Å². The zero-order chi connectivity index (χ0) is 22.2. The molecule has 3 aliphatic rings. The summed E-state index contributed by atoms with van der Waals surface area (Å²) >= 11 is 0. The smallest absolute Gasteiger partial charge is 0.259 e. The zero-order valence-electron chi connectivity index (χ0n) is 17.1. The average Bonchev–Trinajstić information content (AvgIpc) is 3.40. The van der Waals surface area contributed by atoms with Crippen molar-refractivity contribution in [3.8, 4) is 0 Å². The molecule has 0 spiro atoms. The first-order chi connectivity index (χ1) is 16.1. The number of nitrogens with zero attached hydrogens (tertiary/aromatic N) is 2. The summed E-state index contributed by atoms with van der Waals surface area (Å²) in [6, 6.07) is 15.3. The molecule has 8 rings (SSSR count). The molecule has 162 valence electrons. The Labute approximate surface area is 185 Å². The second-order valence-electron chi connectivity index (χ2n) is 9.03. The molecule has 2 aromatic heterocycles. The van der Waals surface area contributed by atoms with Crippen LogP contribution in [0.2, 0.25) is 0 Å². The average molecular weight is 439 g/mol. The predicted octanol–water partition coefficient (Wildman–Crippen LogP) is 2.94. The minimum atomic E-state index is -1.14. The largest absolute Gasteiger partial charge is 0.390 e. The molecule has 8 nitrogen and oxygen atoms in total. The quantitative estimate of drug-likeness (QED) is 0.322. The second kappa shape index (κ2) is 5.60. The van der Waals surface area contributed by atoms with Crippen LogP contribution < -0.4 is 5.32 Å². The normalized spacial score (nSPS) is 26.0. The summed E-state index contributed by atoms with van der Waals surface area (Å²) < 4.78 is 10.4. The number of amides is 2. The lowest BCUT2D eigenvalue weighted by Crippen LogP contribution is -2.43. The van der Waals surface area contributed by atoms with Gasteiger partial charge in [0.2, 0.25) is 0 Å². The van der Waals surface area contributed by atoms with Crippen molar-refractivity contribution < 1.29 is 24.5 Å². The van der Waals surface area contributed by atoms with E-state index in [0.29, 0.717) is 21.9 Å². The number of carbonyl (C=O) groups is 2. The Morgan fingerprint density at radius 2 is 1.36 bits per heavy atom. The van der Waals surface area contributed by atoms with Crippen LogP contribution in [0.1, 0.15) is 39.6 Å². The van der Waals surface area contributed by atoms with E-state index < -0.39 is 36.5 Å². The van der Waals surface area contributed by atoms with E-state index in [0.717, 1.165) is 32.8 Å². The van der Waals surface area contributed by atoms with E-state index in [1.54, 1.807) is 0 Å². The van der Waals surface area contributed by atoms with E-state index in [-0.39, 0.29) is 6.42 Å². The minimum absolute atomic E-state index is 0.206. The maximum Gasteiger partial charge on any atom is 0.259 e. The summed E-state index contributed by atoms with van der Waals surface area (Å²) in [5.74, 6) is -0.838. The Morgan fingerprint density at radius 3 is 2.00 bits per heavy atom. The fourth-order valence-corrected chi connectivity index (χ4v) is 6.21. The standard InChI is InChI=1S/C25H17N3O5/c29-14-9-15-27-12-7-3-1-5-10(12)16-18-19(24(32)26-23(18)31)17-11-6-2-4-8-13(11)28(21(17)20(16)27)25(33-15)22(14)30/h1-8,14-15,22,25,29-30H,9H2,(H,26,31,32)/t14-,15+,22+,25-/m0/s1. The van der Waals surface area contributed by atoms with Gasteiger partial charge in [-0.3, -0.25) is 14.9 Å². The van der Waals surface area contributed by atoms with Gasteiger partial charge in [0, 0.05) is 28.0 Å².